The van der Waals surface area contributed by atoms with E-state index in [1.807, 2.05) is 127 Å². The Balaban J connectivity index is 1.29. The summed E-state index contributed by atoms with van der Waals surface area (Å²) in [5.74, 6) is 0. The zero-order chi connectivity index (χ0) is 37.5. The largest absolute Gasteiger partial charge is 0.456 e. The van der Waals surface area contributed by atoms with Gasteiger partial charge in [-0.1, -0.05) is 158 Å². The van der Waals surface area contributed by atoms with Crippen molar-refractivity contribution in [2.24, 2.45) is 0 Å². The van der Waals surface area contributed by atoms with Crippen molar-refractivity contribution in [3.63, 3.8) is 0 Å². The summed E-state index contributed by atoms with van der Waals surface area (Å²) < 4.78 is 63.7. The lowest BCUT2D eigenvalue weighted by molar-refractivity contribution is 0.669. The Bertz CT molecular complexity index is 3150. The Morgan fingerprint density at radius 1 is 0.347 bits per heavy atom. The van der Waals surface area contributed by atoms with E-state index in [0.717, 1.165) is 49.2 Å². The number of fused-ring (bicyclic) bond motifs is 6. The summed E-state index contributed by atoms with van der Waals surface area (Å²) in [5.41, 5.74) is 6.73. The van der Waals surface area contributed by atoms with Crippen LogP contribution >= 0.6 is 0 Å². The molecule has 0 radical (unpaired) electrons. The van der Waals surface area contributed by atoms with Crippen molar-refractivity contribution in [3.8, 4) is 44.5 Å². The molecule has 0 saturated carbocycles. The summed E-state index contributed by atoms with van der Waals surface area (Å²) in [7, 11) is 0. The van der Waals surface area contributed by atoms with Crippen LogP contribution in [0.1, 0.15) is 8.22 Å². The molecule has 0 N–H and O–H groups in total. The fourth-order valence-corrected chi connectivity index (χ4v) is 7.38. The first-order valence-electron chi connectivity index (χ1n) is 19.4. The molecule has 1 heteroatoms. The zero-order valence-corrected chi connectivity index (χ0v) is 26.3. The van der Waals surface area contributed by atoms with Gasteiger partial charge in [0.05, 0.1) is 8.22 Å². The lowest BCUT2D eigenvalue weighted by Gasteiger charge is -2.18. The average molecular weight is 629 g/mol. The van der Waals surface area contributed by atoms with Crippen LogP contribution < -0.4 is 0 Å². The lowest BCUT2D eigenvalue weighted by Crippen LogP contribution is -1.91. The first-order valence-corrected chi connectivity index (χ1v) is 16.4. The van der Waals surface area contributed by atoms with E-state index in [-0.39, 0.29) is 58.2 Å². The molecule has 0 atom stereocenters. The molecule has 0 aliphatic carbocycles. The maximum Gasteiger partial charge on any atom is 0.136 e. The highest BCUT2D eigenvalue weighted by atomic mass is 16.3. The highest BCUT2D eigenvalue weighted by Crippen LogP contribution is 2.45. The fraction of sp³-hybridized carbons (Fsp3) is 0. The van der Waals surface area contributed by atoms with E-state index in [9.17, 15) is 8.22 Å². The number of furan rings is 1. The molecular weight excluding hydrogens is 593 g/mol. The topological polar surface area (TPSA) is 13.1 Å². The summed E-state index contributed by atoms with van der Waals surface area (Å²) in [6.07, 6.45) is 0. The summed E-state index contributed by atoms with van der Waals surface area (Å²) in [6.45, 7) is 0. The van der Waals surface area contributed by atoms with Crippen LogP contribution in [-0.4, -0.2) is 0 Å². The second-order valence-corrected chi connectivity index (χ2v) is 12.3. The van der Waals surface area contributed by atoms with Gasteiger partial charge in [0, 0.05) is 10.8 Å². The molecule has 10 rings (SSSR count). The highest BCUT2D eigenvalue weighted by Gasteiger charge is 2.18. The molecule has 9 aromatic carbocycles. The molecule has 1 aromatic heterocycles. The minimum absolute atomic E-state index is 0.0114. The van der Waals surface area contributed by atoms with Crippen molar-refractivity contribution >= 4 is 54.3 Å². The van der Waals surface area contributed by atoms with E-state index in [1.165, 1.54) is 0 Å². The third-order valence-corrected chi connectivity index (χ3v) is 9.50. The zero-order valence-electron chi connectivity index (χ0n) is 32.3. The molecule has 0 bridgehead atoms. The summed E-state index contributed by atoms with van der Waals surface area (Å²) >= 11 is 0. The molecule has 0 amide bonds. The smallest absolute Gasteiger partial charge is 0.136 e. The maximum atomic E-state index is 9.72. The third kappa shape index (κ3) is 4.40. The van der Waals surface area contributed by atoms with Gasteiger partial charge in [-0.15, -0.1) is 0 Å². The van der Waals surface area contributed by atoms with E-state index >= 15 is 0 Å². The van der Waals surface area contributed by atoms with E-state index in [2.05, 4.69) is 12.1 Å². The SMILES string of the molecule is [2H]c1c(-c2cccc3oc4cccc(-c5ccccc5)c4c23)c([2H])c2c([2H])c([2H])c(-c3c4ccccc4c(-c4ccccc4)c4ccccc34)c([2H])c2c1[2H]. The predicted molar refractivity (Wildman–Crippen MR) is 208 cm³/mol. The van der Waals surface area contributed by atoms with Crippen LogP contribution in [-0.2, 0) is 0 Å². The second kappa shape index (κ2) is 11.1. The van der Waals surface area contributed by atoms with Gasteiger partial charge in [-0.25, -0.2) is 0 Å². The van der Waals surface area contributed by atoms with Gasteiger partial charge in [-0.05, 0) is 101 Å². The Morgan fingerprint density at radius 2 is 0.776 bits per heavy atom. The molecule has 1 nitrogen and oxygen atoms in total. The van der Waals surface area contributed by atoms with Crippen LogP contribution in [0.4, 0.5) is 0 Å². The number of rotatable bonds is 4. The molecular formula is C48H30O. The third-order valence-electron chi connectivity index (χ3n) is 9.50. The van der Waals surface area contributed by atoms with Gasteiger partial charge in [-0.2, -0.15) is 0 Å². The number of hydrogen-bond acceptors (Lipinski definition) is 1. The molecule has 1 heterocycles. The summed E-state index contributed by atoms with van der Waals surface area (Å²) in [6, 6.07) is 46.0. The van der Waals surface area contributed by atoms with E-state index < -0.39 is 0 Å². The first-order chi connectivity index (χ1) is 26.8. The van der Waals surface area contributed by atoms with Crippen LogP contribution in [0.15, 0.2) is 186 Å². The van der Waals surface area contributed by atoms with Crippen molar-refractivity contribution in [2.75, 3.05) is 0 Å². The molecule has 0 saturated heterocycles. The minimum atomic E-state index is -0.261. The Labute approximate surface area is 292 Å². The van der Waals surface area contributed by atoms with E-state index in [4.69, 9.17) is 4.42 Å². The summed E-state index contributed by atoms with van der Waals surface area (Å²) in [4.78, 5) is 0. The van der Waals surface area contributed by atoms with Crippen molar-refractivity contribution in [3.05, 3.63) is 182 Å². The van der Waals surface area contributed by atoms with Crippen LogP contribution in [0.2, 0.25) is 0 Å². The fourth-order valence-electron chi connectivity index (χ4n) is 7.38. The molecule has 0 aliphatic heterocycles. The van der Waals surface area contributed by atoms with E-state index in [0.29, 0.717) is 27.7 Å². The van der Waals surface area contributed by atoms with Crippen LogP contribution in [0.25, 0.3) is 98.8 Å². The lowest BCUT2D eigenvalue weighted by atomic mass is 9.85. The highest BCUT2D eigenvalue weighted by molar-refractivity contribution is 6.22. The van der Waals surface area contributed by atoms with Crippen LogP contribution in [0.5, 0.6) is 0 Å². The molecule has 10 aromatic rings. The van der Waals surface area contributed by atoms with Gasteiger partial charge in [0.15, 0.2) is 0 Å². The molecule has 0 aliphatic rings. The van der Waals surface area contributed by atoms with Gasteiger partial charge >= 0.3 is 0 Å². The monoisotopic (exact) mass is 628 g/mol. The van der Waals surface area contributed by atoms with E-state index in [1.54, 1.807) is 6.07 Å². The summed E-state index contributed by atoms with van der Waals surface area (Å²) in [5, 5.41) is 5.06. The quantitative estimate of drug-likeness (QED) is 0.177. The molecule has 0 fully saturated rings. The van der Waals surface area contributed by atoms with Gasteiger partial charge in [0.25, 0.3) is 0 Å². The van der Waals surface area contributed by atoms with Gasteiger partial charge in [0.2, 0.25) is 0 Å². The van der Waals surface area contributed by atoms with Gasteiger partial charge in [0.1, 0.15) is 11.2 Å². The van der Waals surface area contributed by atoms with Crippen LogP contribution in [0.3, 0.4) is 0 Å². The van der Waals surface area contributed by atoms with Crippen molar-refractivity contribution in [1.82, 2.24) is 0 Å². The number of benzene rings is 9. The van der Waals surface area contributed by atoms with Crippen molar-refractivity contribution in [2.45, 2.75) is 0 Å². The average Bonchev–Trinajstić information content (AvgIpc) is 3.61. The standard InChI is InChI=1S/C48H30O/c1-3-13-31(14-4-1)37-21-11-23-43-47(37)48-38(22-12-24-44(48)49-43)35-27-25-34-30-36(28-26-33(34)29-35)46-41-19-9-7-17-39(41)45(32-15-5-2-6-16-32)40-18-8-10-20-42(40)46/h1-30H/i25D,26D,27D,28D,29D,30D. The van der Waals surface area contributed by atoms with Crippen molar-refractivity contribution in [1.29, 1.82) is 0 Å². The Hall–Kier alpha value is -6.44. The molecule has 49 heavy (non-hydrogen) atoms. The Morgan fingerprint density at radius 3 is 1.33 bits per heavy atom. The maximum absolute atomic E-state index is 9.72. The molecule has 0 unspecified atom stereocenters. The van der Waals surface area contributed by atoms with Gasteiger partial charge in [-0.3, -0.25) is 0 Å². The van der Waals surface area contributed by atoms with Crippen molar-refractivity contribution < 1.29 is 12.6 Å². The Kier molecular flexibility index (Phi) is 5.02. The molecule has 228 valence electrons. The first kappa shape index (κ1) is 22.2. The van der Waals surface area contributed by atoms with Crippen LogP contribution in [0, 0.1) is 0 Å². The normalized spacial score (nSPS) is 13.4. The number of hydrogen-bond donors (Lipinski definition) is 0. The minimum Gasteiger partial charge on any atom is -0.456 e. The predicted octanol–water partition coefficient (Wildman–Crippen LogP) is 13.7. The second-order valence-electron chi connectivity index (χ2n) is 12.3. The molecule has 0 spiro atoms. The van der Waals surface area contributed by atoms with Gasteiger partial charge < -0.3 is 4.42 Å².